The molecule has 1 aliphatic heterocycles. The average Bonchev–Trinajstić information content (AvgIpc) is 2.81. The second-order valence-corrected chi connectivity index (χ2v) is 4.93. The second kappa shape index (κ2) is 5.45. The highest BCUT2D eigenvalue weighted by atomic mass is 16.2. The fourth-order valence-corrected chi connectivity index (χ4v) is 1.75. The van der Waals surface area contributed by atoms with Gasteiger partial charge in [0.05, 0.1) is 0 Å². The topological polar surface area (TPSA) is 77.2 Å². The van der Waals surface area contributed by atoms with Gasteiger partial charge in [-0.05, 0) is 7.05 Å². The third kappa shape index (κ3) is 3.05. The zero-order valence-corrected chi connectivity index (χ0v) is 11.1. The lowest BCUT2D eigenvalue weighted by Gasteiger charge is -2.31. The van der Waals surface area contributed by atoms with Crippen LogP contribution in [-0.2, 0) is 0 Å². The number of hydrogen-bond donors (Lipinski definition) is 2. The maximum absolute atomic E-state index is 11.9. The molecule has 1 aromatic rings. The van der Waals surface area contributed by atoms with Crippen LogP contribution in [0, 0.1) is 0 Å². The van der Waals surface area contributed by atoms with Crippen LogP contribution >= 0.6 is 0 Å². The molecule has 7 nitrogen and oxygen atoms in total. The van der Waals surface area contributed by atoms with E-state index < -0.39 is 0 Å². The highest BCUT2D eigenvalue weighted by molar-refractivity contribution is 5.89. The Kier molecular flexibility index (Phi) is 3.93. The molecule has 1 saturated heterocycles. The van der Waals surface area contributed by atoms with Crippen molar-refractivity contribution in [1.82, 2.24) is 30.5 Å². The van der Waals surface area contributed by atoms with Crippen LogP contribution in [-0.4, -0.2) is 64.2 Å². The Labute approximate surface area is 107 Å². The van der Waals surface area contributed by atoms with Crippen LogP contribution < -0.4 is 5.43 Å². The molecule has 100 valence electrons. The molecule has 0 unspecified atom stereocenters. The van der Waals surface area contributed by atoms with Crippen molar-refractivity contribution in [1.29, 1.82) is 0 Å². The summed E-state index contributed by atoms with van der Waals surface area (Å²) < 4.78 is 0. The molecule has 0 spiro atoms. The third-order valence-electron chi connectivity index (χ3n) is 3.02. The summed E-state index contributed by atoms with van der Waals surface area (Å²) in [5, 5.41) is 8.62. The Morgan fingerprint density at radius 2 is 2.00 bits per heavy atom. The Balaban J connectivity index is 1.91. The SMILES string of the molecule is CC(C)c1nc(C(=O)NN2CCN(C)CC2)n[nH]1. The van der Waals surface area contributed by atoms with Crippen LogP contribution in [0.5, 0.6) is 0 Å². The van der Waals surface area contributed by atoms with E-state index in [2.05, 4.69) is 32.6 Å². The maximum atomic E-state index is 11.9. The summed E-state index contributed by atoms with van der Waals surface area (Å²) in [6, 6.07) is 0. The smallest absolute Gasteiger partial charge is 0.304 e. The lowest BCUT2D eigenvalue weighted by molar-refractivity contribution is 0.0653. The number of nitrogens with zero attached hydrogens (tertiary/aromatic N) is 4. The summed E-state index contributed by atoms with van der Waals surface area (Å²) in [6.45, 7) is 7.55. The second-order valence-electron chi connectivity index (χ2n) is 4.93. The van der Waals surface area contributed by atoms with Gasteiger partial charge in [-0.2, -0.15) is 0 Å². The molecule has 7 heteroatoms. The van der Waals surface area contributed by atoms with Crippen molar-refractivity contribution in [2.45, 2.75) is 19.8 Å². The molecule has 0 bridgehead atoms. The van der Waals surface area contributed by atoms with Crippen LogP contribution in [0.2, 0.25) is 0 Å². The van der Waals surface area contributed by atoms with Crippen LogP contribution in [0.3, 0.4) is 0 Å². The molecule has 2 N–H and O–H groups in total. The molecule has 0 atom stereocenters. The first-order valence-corrected chi connectivity index (χ1v) is 6.23. The van der Waals surface area contributed by atoms with Crippen LogP contribution in [0.4, 0.5) is 0 Å². The number of hydrogen-bond acceptors (Lipinski definition) is 5. The minimum absolute atomic E-state index is 0.206. The summed E-state index contributed by atoms with van der Waals surface area (Å²) in [5.74, 6) is 0.932. The van der Waals surface area contributed by atoms with Crippen molar-refractivity contribution >= 4 is 5.91 Å². The Morgan fingerprint density at radius 3 is 2.56 bits per heavy atom. The van der Waals surface area contributed by atoms with E-state index in [-0.39, 0.29) is 17.6 Å². The van der Waals surface area contributed by atoms with Gasteiger partial charge in [0, 0.05) is 32.1 Å². The van der Waals surface area contributed by atoms with Gasteiger partial charge in [0.25, 0.3) is 0 Å². The summed E-state index contributed by atoms with van der Waals surface area (Å²) in [7, 11) is 2.07. The number of rotatable bonds is 3. The van der Waals surface area contributed by atoms with Gasteiger partial charge in [-0.3, -0.25) is 15.3 Å². The number of nitrogens with one attached hydrogen (secondary N) is 2. The normalized spacial score (nSPS) is 18.2. The van der Waals surface area contributed by atoms with Crippen LogP contribution in [0.1, 0.15) is 36.2 Å². The van der Waals surface area contributed by atoms with Gasteiger partial charge in [0.15, 0.2) is 0 Å². The van der Waals surface area contributed by atoms with Gasteiger partial charge >= 0.3 is 5.91 Å². The quantitative estimate of drug-likeness (QED) is 0.780. The molecular weight excluding hydrogens is 232 g/mol. The highest BCUT2D eigenvalue weighted by Crippen LogP contribution is 2.07. The number of hydrazine groups is 1. The van der Waals surface area contributed by atoms with E-state index >= 15 is 0 Å². The number of likely N-dealkylation sites (N-methyl/N-ethyl adjacent to an activating group) is 1. The van der Waals surface area contributed by atoms with E-state index in [9.17, 15) is 4.79 Å². The molecule has 1 aliphatic rings. The lowest BCUT2D eigenvalue weighted by Crippen LogP contribution is -2.52. The fraction of sp³-hybridized carbons (Fsp3) is 0.727. The molecule has 1 amide bonds. The maximum Gasteiger partial charge on any atom is 0.305 e. The Morgan fingerprint density at radius 1 is 1.33 bits per heavy atom. The molecular formula is C11H20N6O. The van der Waals surface area contributed by atoms with Crippen molar-refractivity contribution in [2.24, 2.45) is 0 Å². The predicted molar refractivity (Wildman–Crippen MR) is 67.0 cm³/mol. The Bertz CT molecular complexity index is 407. The monoisotopic (exact) mass is 252 g/mol. The van der Waals surface area contributed by atoms with Crippen molar-refractivity contribution in [3.63, 3.8) is 0 Å². The van der Waals surface area contributed by atoms with E-state index in [1.165, 1.54) is 0 Å². The number of piperazine rings is 1. The summed E-state index contributed by atoms with van der Waals surface area (Å²) in [4.78, 5) is 18.3. The number of H-pyrrole nitrogens is 1. The summed E-state index contributed by atoms with van der Waals surface area (Å²) in [5.41, 5.74) is 2.83. The van der Waals surface area contributed by atoms with Crippen LogP contribution in [0.15, 0.2) is 0 Å². The van der Waals surface area contributed by atoms with Crippen molar-refractivity contribution in [3.05, 3.63) is 11.6 Å². The molecule has 0 saturated carbocycles. The van der Waals surface area contributed by atoms with Crippen molar-refractivity contribution in [2.75, 3.05) is 33.2 Å². The molecule has 2 rings (SSSR count). The minimum Gasteiger partial charge on any atom is -0.304 e. The first kappa shape index (κ1) is 13.0. The molecule has 1 fully saturated rings. The van der Waals surface area contributed by atoms with Gasteiger partial charge in [-0.25, -0.2) is 9.99 Å². The van der Waals surface area contributed by atoms with Gasteiger partial charge in [-0.15, -0.1) is 5.10 Å². The minimum atomic E-state index is -0.247. The lowest BCUT2D eigenvalue weighted by atomic mass is 10.2. The van der Waals surface area contributed by atoms with E-state index in [0.717, 1.165) is 32.0 Å². The molecule has 1 aromatic heterocycles. The summed E-state index contributed by atoms with van der Waals surface area (Å²) in [6.07, 6.45) is 0. The average molecular weight is 252 g/mol. The van der Waals surface area contributed by atoms with Gasteiger partial charge in [-0.1, -0.05) is 13.8 Å². The van der Waals surface area contributed by atoms with E-state index in [1.807, 2.05) is 18.9 Å². The molecule has 0 aromatic carbocycles. The van der Waals surface area contributed by atoms with Crippen molar-refractivity contribution in [3.8, 4) is 0 Å². The number of aromatic amines is 1. The molecule has 0 aliphatic carbocycles. The summed E-state index contributed by atoms with van der Waals surface area (Å²) >= 11 is 0. The van der Waals surface area contributed by atoms with Crippen molar-refractivity contribution < 1.29 is 4.79 Å². The van der Waals surface area contributed by atoms with E-state index in [0.29, 0.717) is 0 Å². The number of carbonyl (C=O) groups excluding carboxylic acids is 1. The third-order valence-corrected chi connectivity index (χ3v) is 3.02. The predicted octanol–water partition coefficient (Wildman–Crippen LogP) is -0.180. The number of carbonyl (C=O) groups is 1. The zero-order chi connectivity index (χ0) is 13.1. The first-order valence-electron chi connectivity index (χ1n) is 6.23. The van der Waals surface area contributed by atoms with Crippen LogP contribution in [0.25, 0.3) is 0 Å². The Hall–Kier alpha value is -1.47. The van der Waals surface area contributed by atoms with Gasteiger partial charge < -0.3 is 4.90 Å². The van der Waals surface area contributed by atoms with E-state index in [4.69, 9.17) is 0 Å². The number of aromatic nitrogens is 3. The highest BCUT2D eigenvalue weighted by Gasteiger charge is 2.19. The first-order chi connectivity index (χ1) is 8.56. The standard InChI is InChI=1S/C11H20N6O/c1-8(2)9-12-10(14-13-9)11(18)15-17-6-4-16(3)5-7-17/h8H,4-7H2,1-3H3,(H,15,18)(H,12,13,14). The number of amides is 1. The molecule has 0 radical (unpaired) electrons. The van der Waals surface area contributed by atoms with Gasteiger partial charge in [0.1, 0.15) is 5.82 Å². The molecule has 2 heterocycles. The fourth-order valence-electron chi connectivity index (χ4n) is 1.75. The largest absolute Gasteiger partial charge is 0.305 e. The van der Waals surface area contributed by atoms with Gasteiger partial charge in [0.2, 0.25) is 5.82 Å². The van der Waals surface area contributed by atoms with E-state index in [1.54, 1.807) is 0 Å². The molecule has 18 heavy (non-hydrogen) atoms. The zero-order valence-electron chi connectivity index (χ0n) is 11.1.